The molecule has 0 aromatic heterocycles. The molecule has 0 aliphatic rings. The molecule has 2 aromatic carbocycles. The average molecular weight is 351 g/mol. The van der Waals surface area contributed by atoms with Gasteiger partial charge in [0.25, 0.3) is 0 Å². The van der Waals surface area contributed by atoms with Crippen LogP contribution in [-0.4, -0.2) is 0 Å². The van der Waals surface area contributed by atoms with Gasteiger partial charge in [-0.1, -0.05) is 44.5 Å². The second-order valence-corrected chi connectivity index (χ2v) is 7.48. The van der Waals surface area contributed by atoms with E-state index < -0.39 is 0 Å². The lowest BCUT2D eigenvalue weighted by Gasteiger charge is -1.96. The summed E-state index contributed by atoms with van der Waals surface area (Å²) in [5.41, 5.74) is 2.90. The van der Waals surface area contributed by atoms with Crippen molar-refractivity contribution in [3.05, 3.63) is 66.8 Å². The van der Waals surface area contributed by atoms with E-state index in [1.165, 1.54) is 31.1 Å². The van der Waals surface area contributed by atoms with E-state index in [0.29, 0.717) is 0 Å². The maximum absolute atomic E-state index is 2.31. The van der Waals surface area contributed by atoms with Gasteiger partial charge in [0, 0.05) is 0 Å². The highest BCUT2D eigenvalue weighted by Gasteiger charge is 2.14. The van der Waals surface area contributed by atoms with E-state index in [9.17, 15) is 0 Å². The van der Waals surface area contributed by atoms with Gasteiger partial charge >= 0.3 is 21.2 Å². The van der Waals surface area contributed by atoms with Gasteiger partial charge in [-0.15, -0.1) is 0 Å². The van der Waals surface area contributed by atoms with Crippen molar-refractivity contribution in [2.75, 3.05) is 0 Å². The topological polar surface area (TPSA) is 0 Å². The molecule has 0 nitrogen and oxygen atoms in total. The molecule has 1 heteroatoms. The number of hydrogen-bond donors (Lipinski definition) is 0. The van der Waals surface area contributed by atoms with E-state index in [0.717, 1.165) is 6.42 Å². The molecule has 0 N–H and O–H groups in total. The molecule has 0 radical (unpaired) electrons. The lowest BCUT2D eigenvalue weighted by molar-refractivity contribution is -0.597. The first kappa shape index (κ1) is 13.6. The van der Waals surface area contributed by atoms with Crippen LogP contribution in [0.5, 0.6) is 0 Å². The standard InChI is InChI=1S/C17H20I/c1-3-5-15-8-12-17(13-9-15)18-16-10-6-14(4-2)7-11-16/h6-13H,3-5H2,1-2H3/q+1. The Morgan fingerprint density at radius 3 is 1.67 bits per heavy atom. The summed E-state index contributed by atoms with van der Waals surface area (Å²) >= 11 is -0.0119. The van der Waals surface area contributed by atoms with E-state index in [-0.39, 0.29) is 21.2 Å². The van der Waals surface area contributed by atoms with Crippen LogP contribution in [0.4, 0.5) is 0 Å². The van der Waals surface area contributed by atoms with Gasteiger partial charge in [-0.2, -0.15) is 0 Å². The fourth-order valence-corrected chi connectivity index (χ4v) is 4.07. The number of benzene rings is 2. The molecule has 0 heterocycles. The zero-order chi connectivity index (χ0) is 12.8. The third-order valence-corrected chi connectivity index (χ3v) is 5.68. The number of halogens is 1. The highest BCUT2D eigenvalue weighted by atomic mass is 127. The molecular formula is C17H20I+. The van der Waals surface area contributed by atoms with Crippen LogP contribution >= 0.6 is 0 Å². The van der Waals surface area contributed by atoms with Crippen molar-refractivity contribution < 1.29 is 21.2 Å². The van der Waals surface area contributed by atoms with E-state index >= 15 is 0 Å². The Bertz CT molecular complexity index is 468. The zero-order valence-electron chi connectivity index (χ0n) is 11.1. The quantitative estimate of drug-likeness (QED) is 0.713. The molecule has 0 bridgehead atoms. The molecule has 0 unspecified atom stereocenters. The average Bonchev–Trinajstić information content (AvgIpc) is 2.42. The van der Waals surface area contributed by atoms with E-state index in [1.54, 1.807) is 0 Å². The van der Waals surface area contributed by atoms with E-state index in [2.05, 4.69) is 62.4 Å². The van der Waals surface area contributed by atoms with Gasteiger partial charge in [0.05, 0.1) is 0 Å². The minimum absolute atomic E-state index is 0.0119. The van der Waals surface area contributed by atoms with E-state index in [1.807, 2.05) is 0 Å². The van der Waals surface area contributed by atoms with E-state index in [4.69, 9.17) is 0 Å². The van der Waals surface area contributed by atoms with Crippen LogP contribution in [0.15, 0.2) is 48.5 Å². The van der Waals surface area contributed by atoms with Gasteiger partial charge in [-0.25, -0.2) is 0 Å². The Hall–Kier alpha value is -0.830. The molecule has 2 rings (SSSR count). The summed E-state index contributed by atoms with van der Waals surface area (Å²) in [5.74, 6) is 0. The Morgan fingerprint density at radius 1 is 0.722 bits per heavy atom. The normalized spacial score (nSPS) is 10.6. The van der Waals surface area contributed by atoms with Crippen LogP contribution in [0.2, 0.25) is 0 Å². The summed E-state index contributed by atoms with van der Waals surface area (Å²) in [6.45, 7) is 4.44. The molecule has 0 spiro atoms. The molecule has 0 aliphatic heterocycles. The third kappa shape index (κ3) is 3.84. The highest BCUT2D eigenvalue weighted by Crippen LogP contribution is 2.01. The monoisotopic (exact) mass is 351 g/mol. The predicted molar refractivity (Wildman–Crippen MR) is 73.7 cm³/mol. The second kappa shape index (κ2) is 6.93. The molecular weight excluding hydrogens is 331 g/mol. The van der Waals surface area contributed by atoms with Gasteiger partial charge in [-0.3, -0.25) is 0 Å². The summed E-state index contributed by atoms with van der Waals surface area (Å²) in [6.07, 6.45) is 3.56. The molecule has 0 atom stereocenters. The molecule has 0 saturated heterocycles. The fourth-order valence-electron chi connectivity index (χ4n) is 1.91. The maximum atomic E-state index is 2.31. The van der Waals surface area contributed by atoms with Crippen molar-refractivity contribution in [1.82, 2.24) is 0 Å². The summed E-state index contributed by atoms with van der Waals surface area (Å²) in [5, 5.41) is 0. The first-order valence-electron chi connectivity index (χ1n) is 6.64. The first-order valence-corrected chi connectivity index (χ1v) is 8.80. The molecule has 0 aliphatic carbocycles. The van der Waals surface area contributed by atoms with Crippen LogP contribution in [0, 0.1) is 7.14 Å². The Balaban J connectivity index is 2.03. The zero-order valence-corrected chi connectivity index (χ0v) is 13.3. The fraction of sp³-hybridized carbons (Fsp3) is 0.294. The van der Waals surface area contributed by atoms with Crippen molar-refractivity contribution in [2.24, 2.45) is 0 Å². The van der Waals surface area contributed by atoms with Crippen LogP contribution in [0.25, 0.3) is 0 Å². The van der Waals surface area contributed by atoms with Gasteiger partial charge in [0.15, 0.2) is 7.14 Å². The lowest BCUT2D eigenvalue weighted by atomic mass is 10.1. The SMILES string of the molecule is CCCc1ccc([I+]c2ccc(CC)cc2)cc1. The van der Waals surface area contributed by atoms with Crippen LogP contribution in [0.3, 0.4) is 0 Å². The first-order chi connectivity index (χ1) is 8.81. The van der Waals surface area contributed by atoms with Crippen molar-refractivity contribution in [3.63, 3.8) is 0 Å². The van der Waals surface area contributed by atoms with Crippen LogP contribution < -0.4 is 21.2 Å². The summed E-state index contributed by atoms with van der Waals surface area (Å²) in [4.78, 5) is 0. The Kier molecular flexibility index (Phi) is 5.24. The smallest absolute Gasteiger partial charge is 0.0651 e. The number of rotatable bonds is 5. The van der Waals surface area contributed by atoms with Gasteiger partial charge in [0.1, 0.15) is 0 Å². The summed E-state index contributed by atoms with van der Waals surface area (Å²) in [6, 6.07) is 18.3. The lowest BCUT2D eigenvalue weighted by Crippen LogP contribution is -3.61. The minimum Gasteiger partial charge on any atom is -0.0651 e. The predicted octanol–water partition coefficient (Wildman–Crippen LogP) is 1.33. The minimum atomic E-state index is -0.0119. The third-order valence-electron chi connectivity index (χ3n) is 2.99. The molecule has 18 heavy (non-hydrogen) atoms. The second-order valence-electron chi connectivity index (χ2n) is 4.45. The van der Waals surface area contributed by atoms with Gasteiger partial charge in [0.2, 0.25) is 0 Å². The van der Waals surface area contributed by atoms with Crippen molar-refractivity contribution in [3.8, 4) is 0 Å². The molecule has 0 amide bonds. The molecule has 2 aromatic rings. The highest BCUT2D eigenvalue weighted by molar-refractivity contribution is 5.16. The maximum Gasteiger partial charge on any atom is 0.357 e. The Morgan fingerprint density at radius 2 is 1.22 bits per heavy atom. The number of aryl methyl sites for hydroxylation is 2. The number of hydrogen-bond acceptors (Lipinski definition) is 0. The van der Waals surface area contributed by atoms with Crippen LogP contribution in [-0.2, 0) is 12.8 Å². The van der Waals surface area contributed by atoms with Crippen molar-refractivity contribution in [2.45, 2.75) is 33.1 Å². The summed E-state index contributed by atoms with van der Waals surface area (Å²) < 4.78 is 3.02. The van der Waals surface area contributed by atoms with Gasteiger partial charge in [-0.05, 0) is 48.2 Å². The summed E-state index contributed by atoms with van der Waals surface area (Å²) in [7, 11) is 0. The van der Waals surface area contributed by atoms with Crippen molar-refractivity contribution in [1.29, 1.82) is 0 Å². The van der Waals surface area contributed by atoms with Gasteiger partial charge < -0.3 is 0 Å². The molecule has 94 valence electrons. The largest absolute Gasteiger partial charge is 0.357 e. The molecule has 0 saturated carbocycles. The molecule has 0 fully saturated rings. The van der Waals surface area contributed by atoms with Crippen molar-refractivity contribution >= 4 is 0 Å². The van der Waals surface area contributed by atoms with Crippen LogP contribution in [0.1, 0.15) is 31.4 Å². The Labute approximate surface area is 121 Å².